The van der Waals surface area contributed by atoms with Gasteiger partial charge in [0.25, 0.3) is 0 Å². The SMILES string of the molecule is COc1cccc(CCNC(=O)CCNc2cccc(C#N)c2)c1. The Morgan fingerprint density at radius 2 is 2.00 bits per heavy atom. The van der Waals surface area contributed by atoms with Crippen molar-refractivity contribution in [2.24, 2.45) is 0 Å². The largest absolute Gasteiger partial charge is 0.497 e. The second kappa shape index (κ2) is 9.21. The van der Waals surface area contributed by atoms with E-state index in [4.69, 9.17) is 10.00 Å². The zero-order chi connectivity index (χ0) is 17.2. The molecule has 5 nitrogen and oxygen atoms in total. The highest BCUT2D eigenvalue weighted by Crippen LogP contribution is 2.12. The molecule has 0 fully saturated rings. The number of amides is 1. The van der Waals surface area contributed by atoms with Gasteiger partial charge in [0.1, 0.15) is 5.75 Å². The van der Waals surface area contributed by atoms with Crippen molar-refractivity contribution in [1.29, 1.82) is 5.26 Å². The van der Waals surface area contributed by atoms with E-state index in [1.807, 2.05) is 36.4 Å². The molecule has 2 N–H and O–H groups in total. The number of rotatable bonds is 8. The summed E-state index contributed by atoms with van der Waals surface area (Å²) in [4.78, 5) is 11.8. The minimum atomic E-state index is 0.00170. The Labute approximate surface area is 142 Å². The number of benzene rings is 2. The molecule has 0 aliphatic carbocycles. The number of nitrogens with zero attached hydrogens (tertiary/aromatic N) is 1. The molecule has 0 unspecified atom stereocenters. The summed E-state index contributed by atoms with van der Waals surface area (Å²) in [5, 5.41) is 14.9. The van der Waals surface area contributed by atoms with Crippen LogP contribution >= 0.6 is 0 Å². The Hall–Kier alpha value is -3.00. The quantitative estimate of drug-likeness (QED) is 0.783. The first-order valence-electron chi connectivity index (χ1n) is 7.85. The van der Waals surface area contributed by atoms with Gasteiger partial charge in [-0.3, -0.25) is 4.79 Å². The third-order valence-electron chi connectivity index (χ3n) is 3.54. The fraction of sp³-hybridized carbons (Fsp3) is 0.263. The minimum Gasteiger partial charge on any atom is -0.497 e. The van der Waals surface area contributed by atoms with Crippen molar-refractivity contribution in [1.82, 2.24) is 5.32 Å². The Morgan fingerprint density at radius 3 is 2.79 bits per heavy atom. The maximum Gasteiger partial charge on any atom is 0.221 e. The molecule has 24 heavy (non-hydrogen) atoms. The normalized spacial score (nSPS) is 9.83. The van der Waals surface area contributed by atoms with Gasteiger partial charge >= 0.3 is 0 Å². The molecule has 124 valence electrons. The average Bonchev–Trinajstić information content (AvgIpc) is 2.62. The van der Waals surface area contributed by atoms with Crippen LogP contribution in [0.3, 0.4) is 0 Å². The second-order valence-corrected chi connectivity index (χ2v) is 5.32. The predicted octanol–water partition coefficient (Wildman–Crippen LogP) is 2.73. The molecule has 2 aromatic rings. The maximum atomic E-state index is 11.8. The van der Waals surface area contributed by atoms with E-state index < -0.39 is 0 Å². The van der Waals surface area contributed by atoms with E-state index in [2.05, 4.69) is 16.7 Å². The standard InChI is InChI=1S/C19H21N3O2/c1-24-18-7-3-4-15(13-18)8-10-22-19(23)9-11-21-17-6-2-5-16(12-17)14-20/h2-7,12-13,21H,8-11H2,1H3,(H,22,23). The lowest BCUT2D eigenvalue weighted by molar-refractivity contribution is -0.120. The lowest BCUT2D eigenvalue weighted by atomic mass is 10.1. The van der Waals surface area contributed by atoms with E-state index in [1.165, 1.54) is 0 Å². The van der Waals surface area contributed by atoms with Crippen molar-refractivity contribution in [3.8, 4) is 11.8 Å². The van der Waals surface area contributed by atoms with E-state index in [9.17, 15) is 4.79 Å². The molecule has 0 saturated heterocycles. The molecule has 1 amide bonds. The zero-order valence-corrected chi connectivity index (χ0v) is 13.7. The molecule has 0 aromatic heterocycles. The molecule has 2 aromatic carbocycles. The molecule has 0 saturated carbocycles. The van der Waals surface area contributed by atoms with Crippen LogP contribution in [-0.2, 0) is 11.2 Å². The van der Waals surface area contributed by atoms with Crippen LogP contribution in [0.1, 0.15) is 17.5 Å². The average molecular weight is 323 g/mol. The fourth-order valence-electron chi connectivity index (χ4n) is 2.28. The first kappa shape index (κ1) is 17.4. The Kier molecular flexibility index (Phi) is 6.66. The second-order valence-electron chi connectivity index (χ2n) is 5.32. The minimum absolute atomic E-state index is 0.00170. The summed E-state index contributed by atoms with van der Waals surface area (Å²) >= 11 is 0. The summed E-state index contributed by atoms with van der Waals surface area (Å²) in [6, 6.07) is 17.1. The molecule has 0 radical (unpaired) electrons. The fourth-order valence-corrected chi connectivity index (χ4v) is 2.28. The van der Waals surface area contributed by atoms with Gasteiger partial charge in [0.05, 0.1) is 18.7 Å². The Balaban J connectivity index is 1.67. The number of hydrogen-bond acceptors (Lipinski definition) is 4. The third kappa shape index (κ3) is 5.65. The number of hydrogen-bond donors (Lipinski definition) is 2. The van der Waals surface area contributed by atoms with Crippen LogP contribution in [0.4, 0.5) is 5.69 Å². The Bertz CT molecular complexity index is 723. The zero-order valence-electron chi connectivity index (χ0n) is 13.7. The third-order valence-corrected chi connectivity index (χ3v) is 3.54. The molecular formula is C19H21N3O2. The topological polar surface area (TPSA) is 74.2 Å². The molecule has 2 rings (SSSR count). The van der Waals surface area contributed by atoms with Crippen LogP contribution in [0, 0.1) is 11.3 Å². The summed E-state index contributed by atoms with van der Waals surface area (Å²) in [5.41, 5.74) is 2.57. The Morgan fingerprint density at radius 1 is 1.17 bits per heavy atom. The number of anilines is 1. The molecule has 0 aliphatic rings. The summed E-state index contributed by atoms with van der Waals surface area (Å²) < 4.78 is 5.18. The number of carbonyl (C=O) groups excluding carboxylic acids is 1. The summed E-state index contributed by atoms with van der Waals surface area (Å²) in [6.07, 6.45) is 1.15. The van der Waals surface area contributed by atoms with Crippen molar-refractivity contribution in [3.05, 3.63) is 59.7 Å². The van der Waals surface area contributed by atoms with Gasteiger partial charge in [0, 0.05) is 25.2 Å². The van der Waals surface area contributed by atoms with Gasteiger partial charge in [-0.2, -0.15) is 5.26 Å². The summed E-state index contributed by atoms with van der Waals surface area (Å²) in [5.74, 6) is 0.824. The molecule has 0 bridgehead atoms. The van der Waals surface area contributed by atoms with Crippen LogP contribution < -0.4 is 15.4 Å². The number of ether oxygens (including phenoxy) is 1. The van der Waals surface area contributed by atoms with Crippen molar-refractivity contribution >= 4 is 11.6 Å². The highest BCUT2D eigenvalue weighted by Gasteiger charge is 2.02. The molecule has 5 heteroatoms. The van der Waals surface area contributed by atoms with Gasteiger partial charge in [0.15, 0.2) is 0 Å². The van der Waals surface area contributed by atoms with Crippen LogP contribution in [0.15, 0.2) is 48.5 Å². The summed E-state index contributed by atoms with van der Waals surface area (Å²) in [7, 11) is 1.64. The van der Waals surface area contributed by atoms with E-state index in [0.717, 1.165) is 23.4 Å². The van der Waals surface area contributed by atoms with E-state index in [1.54, 1.807) is 19.2 Å². The first-order valence-corrected chi connectivity index (χ1v) is 7.85. The molecule has 0 aliphatic heterocycles. The number of carbonyl (C=O) groups is 1. The highest BCUT2D eigenvalue weighted by molar-refractivity contribution is 5.76. The number of nitriles is 1. The van der Waals surface area contributed by atoms with E-state index >= 15 is 0 Å². The van der Waals surface area contributed by atoms with Crippen molar-refractivity contribution in [2.45, 2.75) is 12.8 Å². The first-order chi connectivity index (χ1) is 11.7. The van der Waals surface area contributed by atoms with Crippen LogP contribution in [0.2, 0.25) is 0 Å². The smallest absolute Gasteiger partial charge is 0.221 e. The van der Waals surface area contributed by atoms with Gasteiger partial charge < -0.3 is 15.4 Å². The lowest BCUT2D eigenvalue weighted by Gasteiger charge is -2.08. The summed E-state index contributed by atoms with van der Waals surface area (Å²) in [6.45, 7) is 1.12. The van der Waals surface area contributed by atoms with Crippen LogP contribution in [0.25, 0.3) is 0 Å². The van der Waals surface area contributed by atoms with Crippen molar-refractivity contribution in [3.63, 3.8) is 0 Å². The van der Waals surface area contributed by atoms with E-state index in [-0.39, 0.29) is 5.91 Å². The lowest BCUT2D eigenvalue weighted by Crippen LogP contribution is -2.27. The predicted molar refractivity (Wildman–Crippen MR) is 94.0 cm³/mol. The van der Waals surface area contributed by atoms with E-state index in [0.29, 0.717) is 25.1 Å². The van der Waals surface area contributed by atoms with Crippen molar-refractivity contribution < 1.29 is 9.53 Å². The van der Waals surface area contributed by atoms with Gasteiger partial charge in [-0.15, -0.1) is 0 Å². The number of methoxy groups -OCH3 is 1. The molecular weight excluding hydrogens is 302 g/mol. The van der Waals surface area contributed by atoms with Gasteiger partial charge in [-0.05, 0) is 42.3 Å². The molecule has 0 spiro atoms. The molecule has 0 heterocycles. The van der Waals surface area contributed by atoms with Crippen molar-refractivity contribution in [2.75, 3.05) is 25.5 Å². The van der Waals surface area contributed by atoms with Gasteiger partial charge in [0.2, 0.25) is 5.91 Å². The molecule has 0 atom stereocenters. The monoisotopic (exact) mass is 323 g/mol. The van der Waals surface area contributed by atoms with Crippen LogP contribution in [0.5, 0.6) is 5.75 Å². The highest BCUT2D eigenvalue weighted by atomic mass is 16.5. The maximum absolute atomic E-state index is 11.8. The number of nitrogens with one attached hydrogen (secondary N) is 2. The van der Waals surface area contributed by atoms with Crippen LogP contribution in [-0.4, -0.2) is 26.1 Å². The van der Waals surface area contributed by atoms with Gasteiger partial charge in [-0.25, -0.2) is 0 Å². The van der Waals surface area contributed by atoms with Gasteiger partial charge in [-0.1, -0.05) is 18.2 Å².